The van der Waals surface area contributed by atoms with Crippen LogP contribution in [0, 0.1) is 0 Å². The number of amides is 2. The molecule has 6 nitrogen and oxygen atoms in total. The lowest BCUT2D eigenvalue weighted by Crippen LogP contribution is -2.62. The van der Waals surface area contributed by atoms with Crippen LogP contribution in [0.1, 0.15) is 0 Å². The van der Waals surface area contributed by atoms with Crippen molar-refractivity contribution in [3.8, 4) is 0 Å². The van der Waals surface area contributed by atoms with Crippen LogP contribution < -0.4 is 5.32 Å². The van der Waals surface area contributed by atoms with Gasteiger partial charge in [0, 0.05) is 48.0 Å². The summed E-state index contributed by atoms with van der Waals surface area (Å²) in [7, 11) is 0. The molecule has 8 heteroatoms. The second-order valence-electron chi connectivity index (χ2n) is 5.13. The Morgan fingerprint density at radius 3 is 2.23 bits per heavy atom. The number of anilines is 1. The molecule has 0 saturated carbocycles. The second-order valence-corrected chi connectivity index (χ2v) is 6.00. The fraction of sp³-hybridized carbons (Fsp3) is 0.500. The van der Waals surface area contributed by atoms with Gasteiger partial charge < -0.3 is 20.4 Å². The highest BCUT2D eigenvalue weighted by atomic mass is 35.5. The fourth-order valence-corrected chi connectivity index (χ4v) is 2.94. The molecule has 0 atom stereocenters. The van der Waals surface area contributed by atoms with Crippen molar-refractivity contribution in [3.05, 3.63) is 28.2 Å². The Labute approximate surface area is 139 Å². The Morgan fingerprint density at radius 2 is 1.73 bits per heavy atom. The number of aliphatic hydroxyl groups is 2. The Morgan fingerprint density at radius 1 is 1.18 bits per heavy atom. The molecule has 1 aromatic rings. The van der Waals surface area contributed by atoms with Gasteiger partial charge in [0.25, 0.3) is 0 Å². The molecule has 1 aromatic carbocycles. The van der Waals surface area contributed by atoms with Gasteiger partial charge in [-0.15, -0.1) is 0 Å². The Bertz CT molecular complexity index is 498. The van der Waals surface area contributed by atoms with E-state index in [2.05, 4.69) is 5.32 Å². The number of carbonyl (C=O) groups excluding carboxylic acids is 1. The Balaban J connectivity index is 1.85. The molecule has 122 valence electrons. The van der Waals surface area contributed by atoms with Crippen LogP contribution in [0.4, 0.5) is 10.5 Å². The van der Waals surface area contributed by atoms with Crippen molar-refractivity contribution in [2.75, 3.05) is 44.7 Å². The van der Waals surface area contributed by atoms with Gasteiger partial charge in [0.1, 0.15) is 0 Å². The van der Waals surface area contributed by atoms with Crippen LogP contribution in [0.2, 0.25) is 10.0 Å². The summed E-state index contributed by atoms with van der Waals surface area (Å²) in [5, 5.41) is 21.7. The van der Waals surface area contributed by atoms with E-state index in [9.17, 15) is 4.79 Å². The topological polar surface area (TPSA) is 76.0 Å². The minimum Gasteiger partial charge on any atom is -0.395 e. The predicted octanol–water partition coefficient (Wildman–Crippen LogP) is 1.50. The van der Waals surface area contributed by atoms with E-state index in [1.54, 1.807) is 23.1 Å². The number of hydrogen-bond acceptors (Lipinski definition) is 4. The van der Waals surface area contributed by atoms with E-state index in [0.29, 0.717) is 41.9 Å². The van der Waals surface area contributed by atoms with Crippen LogP contribution in [0.3, 0.4) is 0 Å². The largest absolute Gasteiger partial charge is 0.395 e. The van der Waals surface area contributed by atoms with Crippen LogP contribution in [-0.4, -0.2) is 71.5 Å². The minimum atomic E-state index is -0.220. The first kappa shape index (κ1) is 17.3. The zero-order valence-electron chi connectivity index (χ0n) is 12.0. The molecule has 0 aromatic heterocycles. The summed E-state index contributed by atoms with van der Waals surface area (Å²) in [6.07, 6.45) is 0. The minimum absolute atomic E-state index is 0.0315. The van der Waals surface area contributed by atoms with E-state index in [1.807, 2.05) is 4.90 Å². The van der Waals surface area contributed by atoms with Crippen molar-refractivity contribution >= 4 is 34.9 Å². The molecule has 1 fully saturated rings. The van der Waals surface area contributed by atoms with Gasteiger partial charge in [-0.1, -0.05) is 23.2 Å². The number of carbonyl (C=O) groups is 1. The molecule has 0 radical (unpaired) electrons. The van der Waals surface area contributed by atoms with Crippen molar-refractivity contribution in [3.63, 3.8) is 0 Å². The molecular formula is C14H19Cl2N3O3. The van der Waals surface area contributed by atoms with Crippen molar-refractivity contribution < 1.29 is 15.0 Å². The maximum atomic E-state index is 12.1. The monoisotopic (exact) mass is 347 g/mol. The number of nitrogens with zero attached hydrogens (tertiary/aromatic N) is 2. The summed E-state index contributed by atoms with van der Waals surface area (Å²) >= 11 is 11.8. The lowest BCUT2D eigenvalue weighted by molar-refractivity contribution is 0.0393. The maximum Gasteiger partial charge on any atom is 0.321 e. The third-order valence-electron chi connectivity index (χ3n) is 3.55. The van der Waals surface area contributed by atoms with Crippen LogP contribution in [0.5, 0.6) is 0 Å². The van der Waals surface area contributed by atoms with Crippen LogP contribution in [0.15, 0.2) is 18.2 Å². The molecule has 2 rings (SSSR count). The Hall–Kier alpha value is -1.05. The first-order valence-electron chi connectivity index (χ1n) is 7.01. The molecule has 0 aliphatic carbocycles. The van der Waals surface area contributed by atoms with Crippen molar-refractivity contribution in [2.24, 2.45) is 0 Å². The SMILES string of the molecule is O=C(Nc1cc(Cl)cc(Cl)c1)N1CC(N(CCO)CCO)C1. The first-order chi connectivity index (χ1) is 10.5. The third-order valence-corrected chi connectivity index (χ3v) is 3.99. The van der Waals surface area contributed by atoms with Gasteiger partial charge in [-0.3, -0.25) is 4.90 Å². The summed E-state index contributed by atoms with van der Waals surface area (Å²) < 4.78 is 0. The van der Waals surface area contributed by atoms with Gasteiger partial charge in [0.15, 0.2) is 0 Å². The predicted molar refractivity (Wildman–Crippen MR) is 86.6 cm³/mol. The van der Waals surface area contributed by atoms with E-state index in [0.717, 1.165) is 0 Å². The molecule has 1 aliphatic rings. The Kier molecular flexibility index (Phi) is 6.28. The molecule has 0 spiro atoms. The number of urea groups is 1. The molecule has 0 unspecified atom stereocenters. The molecule has 1 aliphatic heterocycles. The lowest BCUT2D eigenvalue weighted by atomic mass is 10.1. The van der Waals surface area contributed by atoms with Crippen LogP contribution in [-0.2, 0) is 0 Å². The number of aliphatic hydroxyl groups excluding tert-OH is 2. The standard InChI is InChI=1S/C14H19Cl2N3O3/c15-10-5-11(16)7-12(6-10)17-14(22)19-8-13(9-19)18(1-3-20)2-4-21/h5-7,13,20-21H,1-4,8-9H2,(H,17,22). The van der Waals surface area contributed by atoms with Crippen molar-refractivity contribution in [1.82, 2.24) is 9.80 Å². The number of rotatable bonds is 6. The number of nitrogens with one attached hydrogen (secondary N) is 1. The van der Waals surface area contributed by atoms with Crippen LogP contribution in [0.25, 0.3) is 0 Å². The van der Waals surface area contributed by atoms with E-state index >= 15 is 0 Å². The molecule has 0 bridgehead atoms. The quantitative estimate of drug-likeness (QED) is 0.728. The first-order valence-corrected chi connectivity index (χ1v) is 7.77. The zero-order chi connectivity index (χ0) is 16.1. The van der Waals surface area contributed by atoms with Gasteiger partial charge in [-0.05, 0) is 18.2 Å². The summed E-state index contributed by atoms with van der Waals surface area (Å²) in [6.45, 7) is 2.16. The van der Waals surface area contributed by atoms with Crippen LogP contribution >= 0.6 is 23.2 Å². The van der Waals surface area contributed by atoms with Crippen molar-refractivity contribution in [1.29, 1.82) is 0 Å². The van der Waals surface area contributed by atoms with Crippen molar-refractivity contribution in [2.45, 2.75) is 6.04 Å². The van der Waals surface area contributed by atoms with Gasteiger partial charge in [-0.2, -0.15) is 0 Å². The number of halogens is 2. The normalized spacial score (nSPS) is 15.0. The number of likely N-dealkylation sites (tertiary alicyclic amines) is 1. The highest BCUT2D eigenvalue weighted by Crippen LogP contribution is 2.23. The summed E-state index contributed by atoms with van der Waals surface area (Å²) in [6, 6.07) is 4.80. The fourth-order valence-electron chi connectivity index (χ4n) is 2.41. The molecule has 1 saturated heterocycles. The average Bonchev–Trinajstić information content (AvgIpc) is 2.36. The van der Waals surface area contributed by atoms with Gasteiger partial charge >= 0.3 is 6.03 Å². The molecule has 22 heavy (non-hydrogen) atoms. The summed E-state index contributed by atoms with van der Waals surface area (Å²) in [5.74, 6) is 0. The average molecular weight is 348 g/mol. The zero-order valence-corrected chi connectivity index (χ0v) is 13.5. The van der Waals surface area contributed by atoms with E-state index in [1.165, 1.54) is 0 Å². The smallest absolute Gasteiger partial charge is 0.321 e. The highest BCUT2D eigenvalue weighted by molar-refractivity contribution is 6.35. The highest BCUT2D eigenvalue weighted by Gasteiger charge is 2.34. The summed E-state index contributed by atoms with van der Waals surface area (Å²) in [5.41, 5.74) is 0.550. The van der Waals surface area contributed by atoms with E-state index in [4.69, 9.17) is 33.4 Å². The third kappa shape index (κ3) is 4.47. The van der Waals surface area contributed by atoms with Gasteiger partial charge in [-0.25, -0.2) is 4.79 Å². The lowest BCUT2D eigenvalue weighted by Gasteiger charge is -2.45. The second kappa shape index (κ2) is 7.99. The van der Waals surface area contributed by atoms with Gasteiger partial charge in [0.2, 0.25) is 0 Å². The maximum absolute atomic E-state index is 12.1. The van der Waals surface area contributed by atoms with Gasteiger partial charge in [0.05, 0.1) is 13.2 Å². The van der Waals surface area contributed by atoms with E-state index < -0.39 is 0 Å². The molecule has 3 N–H and O–H groups in total. The molecular weight excluding hydrogens is 329 g/mol. The molecule has 2 amide bonds. The number of hydrogen-bond donors (Lipinski definition) is 3. The number of benzene rings is 1. The summed E-state index contributed by atoms with van der Waals surface area (Å²) in [4.78, 5) is 15.7. The van der Waals surface area contributed by atoms with E-state index in [-0.39, 0.29) is 25.3 Å². The molecule has 1 heterocycles.